The molecule has 0 atom stereocenters. The maximum absolute atomic E-state index is 5.46. The minimum Gasteiger partial charge on any atom is -0.495 e. The van der Waals surface area contributed by atoms with Crippen LogP contribution in [0.25, 0.3) is 0 Å². The summed E-state index contributed by atoms with van der Waals surface area (Å²) in [7, 11) is 1.67. The van der Waals surface area contributed by atoms with E-state index in [1.807, 2.05) is 6.07 Å². The van der Waals surface area contributed by atoms with Gasteiger partial charge in [0.1, 0.15) is 5.75 Å². The SMILES string of the molecule is COc1ccc(CN2CCSC(C)(C)C2)cc1C#CCN. The van der Waals surface area contributed by atoms with Crippen molar-refractivity contribution in [3.8, 4) is 17.6 Å². The number of methoxy groups -OCH3 is 1. The average molecular weight is 304 g/mol. The Kier molecular flexibility index (Phi) is 5.58. The fraction of sp³-hybridized carbons (Fsp3) is 0.529. The number of nitrogens with zero attached hydrogens (tertiary/aromatic N) is 1. The Morgan fingerprint density at radius 2 is 2.24 bits per heavy atom. The molecule has 0 spiro atoms. The molecule has 0 aromatic heterocycles. The molecule has 1 aliphatic rings. The van der Waals surface area contributed by atoms with Gasteiger partial charge < -0.3 is 10.5 Å². The number of hydrogen-bond acceptors (Lipinski definition) is 4. The number of rotatable bonds is 3. The molecule has 0 radical (unpaired) electrons. The molecule has 0 bridgehead atoms. The van der Waals surface area contributed by atoms with Gasteiger partial charge in [-0.15, -0.1) is 0 Å². The molecule has 114 valence electrons. The van der Waals surface area contributed by atoms with Gasteiger partial charge >= 0.3 is 0 Å². The van der Waals surface area contributed by atoms with E-state index in [-0.39, 0.29) is 0 Å². The zero-order valence-corrected chi connectivity index (χ0v) is 13.9. The Balaban J connectivity index is 2.13. The molecule has 2 rings (SSSR count). The van der Waals surface area contributed by atoms with Crippen LogP contribution in [0, 0.1) is 11.8 Å². The second-order valence-corrected chi connectivity index (χ2v) is 7.66. The predicted molar refractivity (Wildman–Crippen MR) is 90.7 cm³/mol. The van der Waals surface area contributed by atoms with E-state index in [4.69, 9.17) is 10.5 Å². The van der Waals surface area contributed by atoms with Crippen LogP contribution in [0.4, 0.5) is 0 Å². The highest BCUT2D eigenvalue weighted by molar-refractivity contribution is 8.00. The lowest BCUT2D eigenvalue weighted by Crippen LogP contribution is -2.42. The fourth-order valence-corrected chi connectivity index (χ4v) is 3.78. The van der Waals surface area contributed by atoms with E-state index >= 15 is 0 Å². The Morgan fingerprint density at radius 1 is 1.43 bits per heavy atom. The Labute approximate surface area is 132 Å². The zero-order valence-electron chi connectivity index (χ0n) is 13.1. The zero-order chi connectivity index (χ0) is 15.3. The Bertz CT molecular complexity index is 545. The van der Waals surface area contributed by atoms with Gasteiger partial charge in [-0.1, -0.05) is 17.9 Å². The number of nitrogens with two attached hydrogens (primary N) is 1. The molecule has 1 aromatic carbocycles. The monoisotopic (exact) mass is 304 g/mol. The second-order valence-electron chi connectivity index (χ2n) is 5.86. The molecule has 1 fully saturated rings. The van der Waals surface area contributed by atoms with Gasteiger partial charge in [0.15, 0.2) is 0 Å². The van der Waals surface area contributed by atoms with Crippen LogP contribution in [-0.2, 0) is 6.54 Å². The lowest BCUT2D eigenvalue weighted by molar-refractivity contribution is 0.252. The van der Waals surface area contributed by atoms with Crippen LogP contribution in [0.2, 0.25) is 0 Å². The molecule has 2 N–H and O–H groups in total. The molecule has 3 nitrogen and oxygen atoms in total. The number of ether oxygens (including phenoxy) is 1. The van der Waals surface area contributed by atoms with Crippen LogP contribution >= 0.6 is 11.8 Å². The number of thioether (sulfide) groups is 1. The van der Waals surface area contributed by atoms with E-state index in [1.54, 1.807) is 7.11 Å². The van der Waals surface area contributed by atoms with Crippen molar-refractivity contribution in [2.75, 3.05) is 32.5 Å². The molecular formula is C17H24N2OS. The highest BCUT2D eigenvalue weighted by Gasteiger charge is 2.26. The van der Waals surface area contributed by atoms with Gasteiger partial charge in [-0.2, -0.15) is 11.8 Å². The van der Waals surface area contributed by atoms with E-state index in [0.29, 0.717) is 11.3 Å². The third kappa shape index (κ3) is 4.67. The molecule has 1 aromatic rings. The third-order valence-electron chi connectivity index (χ3n) is 3.50. The van der Waals surface area contributed by atoms with Crippen LogP contribution in [0.15, 0.2) is 18.2 Å². The van der Waals surface area contributed by atoms with E-state index in [9.17, 15) is 0 Å². The highest BCUT2D eigenvalue weighted by Crippen LogP contribution is 2.30. The first-order chi connectivity index (χ1) is 10.0. The van der Waals surface area contributed by atoms with E-state index < -0.39 is 0 Å². The molecule has 1 aliphatic heterocycles. The average Bonchev–Trinajstić information content (AvgIpc) is 2.44. The van der Waals surface area contributed by atoms with Gasteiger partial charge in [0, 0.05) is 30.1 Å². The quantitative estimate of drug-likeness (QED) is 0.870. The van der Waals surface area contributed by atoms with E-state index in [2.05, 4.69) is 54.5 Å². The smallest absolute Gasteiger partial charge is 0.134 e. The van der Waals surface area contributed by atoms with E-state index in [0.717, 1.165) is 30.9 Å². The molecule has 4 heteroatoms. The summed E-state index contributed by atoms with van der Waals surface area (Å²) in [6, 6.07) is 6.25. The standard InChI is InChI=1S/C17H24N2OS/c1-17(2)13-19(9-10-21-17)12-14-6-7-16(20-3)15(11-14)5-4-8-18/h6-7,11H,8-10,12-13,18H2,1-3H3. The fourth-order valence-electron chi connectivity index (χ4n) is 2.60. The molecule has 0 aliphatic carbocycles. The van der Waals surface area contributed by atoms with Crippen LogP contribution < -0.4 is 10.5 Å². The number of benzene rings is 1. The van der Waals surface area contributed by atoms with Gasteiger partial charge in [0.05, 0.1) is 19.2 Å². The lowest BCUT2D eigenvalue weighted by atomic mass is 10.1. The van der Waals surface area contributed by atoms with Crippen molar-refractivity contribution in [3.05, 3.63) is 29.3 Å². The Hall–Kier alpha value is -1.15. The first-order valence-corrected chi connectivity index (χ1v) is 8.25. The summed E-state index contributed by atoms with van der Waals surface area (Å²) < 4.78 is 5.70. The normalized spacial score (nSPS) is 17.9. The molecule has 0 amide bonds. The van der Waals surface area contributed by atoms with Crippen LogP contribution in [0.5, 0.6) is 5.75 Å². The second kappa shape index (κ2) is 7.22. The van der Waals surface area contributed by atoms with Crippen molar-refractivity contribution in [2.24, 2.45) is 5.73 Å². The van der Waals surface area contributed by atoms with Crippen molar-refractivity contribution in [2.45, 2.75) is 25.1 Å². The van der Waals surface area contributed by atoms with Gasteiger partial charge in [-0.3, -0.25) is 4.90 Å². The molecular weight excluding hydrogens is 280 g/mol. The van der Waals surface area contributed by atoms with Crippen LogP contribution in [0.1, 0.15) is 25.0 Å². The van der Waals surface area contributed by atoms with Crippen molar-refractivity contribution < 1.29 is 4.74 Å². The summed E-state index contributed by atoms with van der Waals surface area (Å²) in [6.07, 6.45) is 0. The van der Waals surface area contributed by atoms with E-state index in [1.165, 1.54) is 11.3 Å². The summed E-state index contributed by atoms with van der Waals surface area (Å²) in [4.78, 5) is 2.51. The first-order valence-electron chi connectivity index (χ1n) is 7.26. The largest absolute Gasteiger partial charge is 0.495 e. The lowest BCUT2D eigenvalue weighted by Gasteiger charge is -2.37. The summed E-state index contributed by atoms with van der Waals surface area (Å²) in [5.41, 5.74) is 7.66. The van der Waals surface area contributed by atoms with Gasteiger partial charge in [0.2, 0.25) is 0 Å². The van der Waals surface area contributed by atoms with Gasteiger partial charge in [-0.25, -0.2) is 0 Å². The summed E-state index contributed by atoms with van der Waals surface area (Å²) in [6.45, 7) is 8.22. The van der Waals surface area contributed by atoms with Crippen LogP contribution in [-0.4, -0.2) is 42.1 Å². The summed E-state index contributed by atoms with van der Waals surface area (Å²) >= 11 is 2.06. The minimum absolute atomic E-state index is 0.340. The van der Waals surface area contributed by atoms with Crippen molar-refractivity contribution in [3.63, 3.8) is 0 Å². The Morgan fingerprint density at radius 3 is 2.90 bits per heavy atom. The molecule has 1 saturated heterocycles. The van der Waals surface area contributed by atoms with Gasteiger partial charge in [0.25, 0.3) is 0 Å². The number of hydrogen-bond donors (Lipinski definition) is 1. The van der Waals surface area contributed by atoms with Crippen molar-refractivity contribution >= 4 is 11.8 Å². The molecule has 0 saturated carbocycles. The summed E-state index contributed by atoms with van der Waals surface area (Å²) in [5.74, 6) is 8.01. The maximum Gasteiger partial charge on any atom is 0.134 e. The third-order valence-corrected chi connectivity index (χ3v) is 4.80. The van der Waals surface area contributed by atoms with Crippen molar-refractivity contribution in [1.82, 2.24) is 4.90 Å². The minimum atomic E-state index is 0.340. The highest BCUT2D eigenvalue weighted by atomic mass is 32.2. The maximum atomic E-state index is 5.46. The van der Waals surface area contributed by atoms with Crippen molar-refractivity contribution in [1.29, 1.82) is 0 Å². The predicted octanol–water partition coefficient (Wildman–Crippen LogP) is 2.33. The summed E-state index contributed by atoms with van der Waals surface area (Å²) in [5, 5.41) is 0. The van der Waals surface area contributed by atoms with Crippen LogP contribution in [0.3, 0.4) is 0 Å². The molecule has 21 heavy (non-hydrogen) atoms. The molecule has 0 unspecified atom stereocenters. The first kappa shape index (κ1) is 16.2. The molecule has 1 heterocycles. The van der Waals surface area contributed by atoms with Gasteiger partial charge in [-0.05, 0) is 31.5 Å². The topological polar surface area (TPSA) is 38.5 Å².